The highest BCUT2D eigenvalue weighted by atomic mass is 16.7. The Kier molecular flexibility index (Phi) is 3.09. The van der Waals surface area contributed by atoms with Crippen LogP contribution >= 0.6 is 0 Å². The van der Waals surface area contributed by atoms with E-state index in [1.54, 1.807) is 12.1 Å². The summed E-state index contributed by atoms with van der Waals surface area (Å²) in [7, 11) is 0. The summed E-state index contributed by atoms with van der Waals surface area (Å²) >= 11 is 0. The van der Waals surface area contributed by atoms with E-state index in [-0.39, 0.29) is 17.7 Å². The lowest BCUT2D eigenvalue weighted by Crippen LogP contribution is -2.43. The van der Waals surface area contributed by atoms with Crippen LogP contribution in [0, 0.1) is 0 Å². The van der Waals surface area contributed by atoms with Gasteiger partial charge in [0, 0.05) is 18.9 Å². The summed E-state index contributed by atoms with van der Waals surface area (Å²) in [6, 6.07) is 3.56. The minimum Gasteiger partial charge on any atom is -0.459 e. The number of furan rings is 1. The van der Waals surface area contributed by atoms with E-state index in [0.29, 0.717) is 19.0 Å². The van der Waals surface area contributed by atoms with Crippen molar-refractivity contribution in [1.82, 2.24) is 5.32 Å². The molecule has 1 spiro atoms. The van der Waals surface area contributed by atoms with Gasteiger partial charge >= 0.3 is 0 Å². The number of nitrogens with one attached hydrogen (secondary N) is 1. The fourth-order valence-electron chi connectivity index (χ4n) is 2.65. The zero-order valence-corrected chi connectivity index (χ0v) is 10.2. The van der Waals surface area contributed by atoms with Gasteiger partial charge in [0.25, 0.3) is 5.91 Å². The lowest BCUT2D eigenvalue weighted by atomic mass is 9.90. The van der Waals surface area contributed by atoms with Crippen LogP contribution in [-0.2, 0) is 9.47 Å². The molecular formula is C13H17NO4. The molecule has 1 aliphatic carbocycles. The molecule has 1 aromatic rings. The Hall–Kier alpha value is -1.33. The van der Waals surface area contributed by atoms with Crippen molar-refractivity contribution in [3.05, 3.63) is 24.2 Å². The van der Waals surface area contributed by atoms with Gasteiger partial charge in [-0.15, -0.1) is 0 Å². The van der Waals surface area contributed by atoms with Gasteiger partial charge in [0.05, 0.1) is 19.5 Å². The third-order valence-electron chi connectivity index (χ3n) is 3.64. The maximum absolute atomic E-state index is 11.8. The number of hydrogen-bond donors (Lipinski definition) is 1. The highest BCUT2D eigenvalue weighted by molar-refractivity contribution is 5.91. The van der Waals surface area contributed by atoms with Gasteiger partial charge in [0.15, 0.2) is 11.5 Å². The zero-order chi connectivity index (χ0) is 12.4. The zero-order valence-electron chi connectivity index (χ0n) is 10.2. The second-order valence-electron chi connectivity index (χ2n) is 4.83. The standard InChI is InChI=1S/C13H17NO4/c15-12(11-2-1-7-16-11)14-10-3-5-13(6-4-10)17-8-9-18-13/h1-2,7,10H,3-6,8-9H2,(H,14,15). The normalized spacial score (nSPS) is 23.3. The Balaban J connectivity index is 1.52. The largest absolute Gasteiger partial charge is 0.459 e. The van der Waals surface area contributed by atoms with E-state index < -0.39 is 0 Å². The summed E-state index contributed by atoms with van der Waals surface area (Å²) < 4.78 is 16.4. The molecule has 1 amide bonds. The van der Waals surface area contributed by atoms with Gasteiger partial charge in [0.1, 0.15) is 0 Å². The molecule has 98 valence electrons. The Morgan fingerprint density at radius 3 is 2.61 bits per heavy atom. The molecule has 5 nitrogen and oxygen atoms in total. The van der Waals surface area contributed by atoms with E-state index in [4.69, 9.17) is 13.9 Å². The Labute approximate surface area is 105 Å². The first-order valence-electron chi connectivity index (χ1n) is 6.40. The smallest absolute Gasteiger partial charge is 0.287 e. The number of hydrogen-bond acceptors (Lipinski definition) is 4. The molecule has 3 rings (SSSR count). The van der Waals surface area contributed by atoms with E-state index >= 15 is 0 Å². The summed E-state index contributed by atoms with van der Waals surface area (Å²) in [5.74, 6) is -0.149. The summed E-state index contributed by atoms with van der Waals surface area (Å²) in [5, 5.41) is 2.98. The lowest BCUT2D eigenvalue weighted by Gasteiger charge is -2.35. The molecule has 1 aromatic heterocycles. The summed E-state index contributed by atoms with van der Waals surface area (Å²) in [6.45, 7) is 1.37. The number of ether oxygens (including phenoxy) is 2. The quantitative estimate of drug-likeness (QED) is 0.869. The van der Waals surface area contributed by atoms with Crippen molar-refractivity contribution >= 4 is 5.91 Å². The number of carbonyl (C=O) groups excluding carboxylic acids is 1. The fraction of sp³-hybridized carbons (Fsp3) is 0.615. The number of amides is 1. The highest BCUT2D eigenvalue weighted by Crippen LogP contribution is 2.35. The Bertz CT molecular complexity index is 399. The monoisotopic (exact) mass is 251 g/mol. The van der Waals surface area contributed by atoms with E-state index in [2.05, 4.69) is 5.32 Å². The van der Waals surface area contributed by atoms with Crippen molar-refractivity contribution in [3.63, 3.8) is 0 Å². The molecule has 18 heavy (non-hydrogen) atoms. The Morgan fingerprint density at radius 1 is 1.28 bits per heavy atom. The lowest BCUT2D eigenvalue weighted by molar-refractivity contribution is -0.179. The number of carbonyl (C=O) groups is 1. The summed E-state index contributed by atoms with van der Waals surface area (Å²) in [6.07, 6.45) is 4.95. The molecule has 0 radical (unpaired) electrons. The molecule has 1 saturated heterocycles. The predicted octanol–water partition coefficient (Wildman–Crippen LogP) is 1.70. The minimum absolute atomic E-state index is 0.144. The van der Waals surface area contributed by atoms with Crippen molar-refractivity contribution in [2.45, 2.75) is 37.5 Å². The van der Waals surface area contributed by atoms with Crippen LogP contribution in [0.25, 0.3) is 0 Å². The fourth-order valence-corrected chi connectivity index (χ4v) is 2.65. The molecule has 1 saturated carbocycles. The molecule has 1 N–H and O–H groups in total. The van der Waals surface area contributed by atoms with Gasteiger partial charge in [-0.2, -0.15) is 0 Å². The van der Waals surface area contributed by atoms with Gasteiger partial charge in [-0.3, -0.25) is 4.79 Å². The maximum atomic E-state index is 11.8. The van der Waals surface area contributed by atoms with Gasteiger partial charge in [-0.05, 0) is 25.0 Å². The third-order valence-corrected chi connectivity index (χ3v) is 3.64. The SMILES string of the molecule is O=C(NC1CCC2(CC1)OCCO2)c1ccco1. The van der Waals surface area contributed by atoms with Crippen molar-refractivity contribution < 1.29 is 18.7 Å². The maximum Gasteiger partial charge on any atom is 0.287 e. The molecule has 1 aliphatic heterocycles. The molecule has 2 heterocycles. The average molecular weight is 251 g/mol. The average Bonchev–Trinajstić information content (AvgIpc) is 3.04. The van der Waals surface area contributed by atoms with E-state index in [1.807, 2.05) is 0 Å². The van der Waals surface area contributed by atoms with Crippen molar-refractivity contribution in [2.24, 2.45) is 0 Å². The van der Waals surface area contributed by atoms with Gasteiger partial charge in [-0.1, -0.05) is 0 Å². The van der Waals surface area contributed by atoms with Crippen molar-refractivity contribution in [1.29, 1.82) is 0 Å². The van der Waals surface area contributed by atoms with Crippen LogP contribution in [0.3, 0.4) is 0 Å². The topological polar surface area (TPSA) is 60.7 Å². The van der Waals surface area contributed by atoms with Crippen LogP contribution in [-0.4, -0.2) is 30.9 Å². The van der Waals surface area contributed by atoms with Gasteiger partial charge in [0.2, 0.25) is 0 Å². The first-order valence-corrected chi connectivity index (χ1v) is 6.40. The van der Waals surface area contributed by atoms with Crippen molar-refractivity contribution in [3.8, 4) is 0 Å². The minimum atomic E-state index is -0.369. The second kappa shape index (κ2) is 4.74. The Morgan fingerprint density at radius 2 is 2.00 bits per heavy atom. The van der Waals surface area contributed by atoms with Crippen LogP contribution in [0.15, 0.2) is 22.8 Å². The van der Waals surface area contributed by atoms with Crippen LogP contribution in [0.2, 0.25) is 0 Å². The predicted molar refractivity (Wildman–Crippen MR) is 63.1 cm³/mol. The van der Waals surface area contributed by atoms with Gasteiger partial charge < -0.3 is 19.2 Å². The van der Waals surface area contributed by atoms with Crippen LogP contribution in [0.4, 0.5) is 0 Å². The molecule has 0 aromatic carbocycles. The molecule has 2 fully saturated rings. The second-order valence-corrected chi connectivity index (χ2v) is 4.83. The van der Waals surface area contributed by atoms with Gasteiger partial charge in [-0.25, -0.2) is 0 Å². The highest BCUT2D eigenvalue weighted by Gasteiger charge is 2.40. The van der Waals surface area contributed by atoms with Crippen molar-refractivity contribution in [2.75, 3.05) is 13.2 Å². The van der Waals surface area contributed by atoms with E-state index in [9.17, 15) is 4.79 Å². The first kappa shape index (κ1) is 11.7. The molecule has 0 unspecified atom stereocenters. The molecule has 0 bridgehead atoms. The first-order chi connectivity index (χ1) is 8.77. The number of rotatable bonds is 2. The summed E-state index contributed by atoms with van der Waals surface area (Å²) in [4.78, 5) is 11.8. The van der Waals surface area contributed by atoms with Crippen LogP contribution in [0.1, 0.15) is 36.2 Å². The van der Waals surface area contributed by atoms with E-state index in [0.717, 1.165) is 25.7 Å². The molecule has 2 aliphatic rings. The van der Waals surface area contributed by atoms with Crippen LogP contribution < -0.4 is 5.32 Å². The third kappa shape index (κ3) is 2.28. The van der Waals surface area contributed by atoms with E-state index in [1.165, 1.54) is 6.26 Å². The summed E-state index contributed by atoms with van der Waals surface area (Å²) in [5.41, 5.74) is 0. The molecule has 5 heteroatoms. The molecule has 0 atom stereocenters. The molecular weight excluding hydrogens is 234 g/mol. The van der Waals surface area contributed by atoms with Crippen LogP contribution in [0.5, 0.6) is 0 Å².